The highest BCUT2D eigenvalue weighted by atomic mass is 32.2. The number of aryl methyl sites for hydroxylation is 2. The summed E-state index contributed by atoms with van der Waals surface area (Å²) in [4.78, 5) is 4.92. The van der Waals surface area contributed by atoms with Crippen molar-refractivity contribution in [2.45, 2.75) is 49.5 Å². The third kappa shape index (κ3) is 5.92. The van der Waals surface area contributed by atoms with Crippen molar-refractivity contribution in [3.05, 3.63) is 70.2 Å². The van der Waals surface area contributed by atoms with Crippen LogP contribution in [0.3, 0.4) is 0 Å². The number of alkyl halides is 3. The number of nitrogens with zero attached hydrogens (tertiary/aromatic N) is 2. The van der Waals surface area contributed by atoms with Crippen LogP contribution in [0.1, 0.15) is 46.6 Å². The number of rotatable bonds is 7. The van der Waals surface area contributed by atoms with E-state index in [1.807, 2.05) is 30.3 Å². The highest BCUT2D eigenvalue weighted by Gasteiger charge is 2.37. The predicted molar refractivity (Wildman–Crippen MR) is 137 cm³/mol. The molecule has 1 saturated heterocycles. The van der Waals surface area contributed by atoms with Gasteiger partial charge in [-0.05, 0) is 62.9 Å². The Morgan fingerprint density at radius 3 is 2.51 bits per heavy atom. The molecule has 200 valence electrons. The largest absolute Gasteiger partial charge is 0.573 e. The Morgan fingerprint density at radius 2 is 1.89 bits per heavy atom. The van der Waals surface area contributed by atoms with Crippen molar-refractivity contribution >= 4 is 27.0 Å². The Labute approximate surface area is 218 Å². The smallest absolute Gasteiger partial charge is 0.405 e. The first-order valence-corrected chi connectivity index (χ1v) is 14.0. The van der Waals surface area contributed by atoms with Crippen molar-refractivity contribution in [3.8, 4) is 5.75 Å². The summed E-state index contributed by atoms with van der Waals surface area (Å²) in [6.07, 6.45) is -3.46. The van der Waals surface area contributed by atoms with Crippen LogP contribution in [-0.4, -0.2) is 33.4 Å². The Morgan fingerprint density at radius 1 is 1.19 bits per heavy atom. The maximum absolute atomic E-state index is 13.3. The molecule has 1 aliphatic heterocycles. The zero-order valence-corrected chi connectivity index (χ0v) is 22.3. The Balaban J connectivity index is 1.75. The molecule has 0 saturated carbocycles. The maximum Gasteiger partial charge on any atom is 0.573 e. The topological polar surface area (TPSA) is 97.5 Å². The molecule has 0 bridgehead atoms. The van der Waals surface area contributed by atoms with Crippen LogP contribution in [0.25, 0.3) is 0 Å². The fourth-order valence-electron chi connectivity index (χ4n) is 4.58. The van der Waals surface area contributed by atoms with Gasteiger partial charge in [0, 0.05) is 29.6 Å². The van der Waals surface area contributed by atoms with Gasteiger partial charge in [0.05, 0.1) is 11.4 Å². The van der Waals surface area contributed by atoms with Gasteiger partial charge < -0.3 is 15.8 Å². The molecular formula is C25H29F3N4O3S2. The summed E-state index contributed by atoms with van der Waals surface area (Å²) in [5.41, 5.74) is 8.48. The first kappa shape index (κ1) is 27.4. The lowest BCUT2D eigenvalue weighted by Crippen LogP contribution is -2.40. The van der Waals surface area contributed by atoms with Gasteiger partial charge >= 0.3 is 6.36 Å². The minimum absolute atomic E-state index is 0.0815. The van der Waals surface area contributed by atoms with Crippen molar-refractivity contribution in [1.82, 2.24) is 10.3 Å². The molecule has 2 heterocycles. The standard InChI is InChI=1S/C25H29F3N4O3S2/c1-15-16(2)36-24(31-15)37(33,34)32(3)18-11-12-21(35-25(26,27)28)20(14-18)22(29)19-10-7-13-30-23(19)17-8-5-4-6-9-17/h4-6,8-9,11-12,14,19,22-23,30H,7,10,13,29H2,1-3H3. The first-order chi connectivity index (χ1) is 17.4. The number of thiazole rings is 1. The molecule has 0 amide bonds. The van der Waals surface area contributed by atoms with E-state index in [9.17, 15) is 21.6 Å². The molecule has 7 nitrogen and oxygen atoms in total. The Kier molecular flexibility index (Phi) is 7.84. The average molecular weight is 555 g/mol. The van der Waals surface area contributed by atoms with Crippen molar-refractivity contribution in [3.63, 3.8) is 0 Å². The minimum atomic E-state index is -4.94. The number of sulfonamides is 1. The average Bonchev–Trinajstić information content (AvgIpc) is 3.22. The number of nitrogens with two attached hydrogens (primary N) is 1. The quantitative estimate of drug-likeness (QED) is 0.416. The molecule has 3 aromatic rings. The molecule has 3 N–H and O–H groups in total. The van der Waals surface area contributed by atoms with E-state index in [2.05, 4.69) is 15.0 Å². The fourth-order valence-corrected chi connectivity index (χ4v) is 7.22. The van der Waals surface area contributed by atoms with E-state index >= 15 is 0 Å². The second kappa shape index (κ2) is 10.6. The lowest BCUT2D eigenvalue weighted by atomic mass is 9.79. The molecule has 1 aliphatic rings. The Hall–Kier alpha value is -2.67. The molecule has 37 heavy (non-hydrogen) atoms. The molecule has 0 aliphatic carbocycles. The summed E-state index contributed by atoms with van der Waals surface area (Å²) < 4.78 is 71.6. The van der Waals surface area contributed by atoms with Crippen LogP contribution >= 0.6 is 11.3 Å². The number of anilines is 1. The van der Waals surface area contributed by atoms with Gasteiger partial charge in [-0.25, -0.2) is 4.98 Å². The molecule has 4 rings (SSSR count). The molecule has 0 radical (unpaired) electrons. The van der Waals surface area contributed by atoms with Crippen LogP contribution in [0.15, 0.2) is 52.9 Å². The SMILES string of the molecule is Cc1nc(S(=O)(=O)N(C)c2ccc(OC(F)(F)F)c(C(N)C3CCCNC3c3ccccc3)c2)sc1C. The molecular weight excluding hydrogens is 525 g/mol. The summed E-state index contributed by atoms with van der Waals surface area (Å²) >= 11 is 1.04. The van der Waals surface area contributed by atoms with Gasteiger partial charge in [-0.15, -0.1) is 24.5 Å². The highest BCUT2D eigenvalue weighted by Crippen LogP contribution is 2.42. The molecule has 2 aromatic carbocycles. The van der Waals surface area contributed by atoms with E-state index in [1.165, 1.54) is 19.2 Å². The van der Waals surface area contributed by atoms with E-state index in [0.29, 0.717) is 12.1 Å². The highest BCUT2D eigenvalue weighted by molar-refractivity contribution is 7.94. The van der Waals surface area contributed by atoms with Crippen LogP contribution in [-0.2, 0) is 10.0 Å². The van der Waals surface area contributed by atoms with Crippen LogP contribution in [0.2, 0.25) is 0 Å². The number of nitrogens with one attached hydrogen (secondary N) is 1. The summed E-state index contributed by atoms with van der Waals surface area (Å²) in [6.45, 7) is 4.24. The van der Waals surface area contributed by atoms with Gasteiger partial charge in [0.15, 0.2) is 0 Å². The minimum Gasteiger partial charge on any atom is -0.405 e. The van der Waals surface area contributed by atoms with Crippen LogP contribution in [0.4, 0.5) is 18.9 Å². The van der Waals surface area contributed by atoms with Crippen molar-refractivity contribution in [2.75, 3.05) is 17.9 Å². The van der Waals surface area contributed by atoms with Crippen LogP contribution < -0.4 is 20.1 Å². The predicted octanol–water partition coefficient (Wildman–Crippen LogP) is 5.22. The Bertz CT molecular complexity index is 1330. The third-order valence-corrected chi connectivity index (χ3v) is 9.87. The molecule has 1 fully saturated rings. The lowest BCUT2D eigenvalue weighted by Gasteiger charge is -2.37. The molecule has 3 atom stereocenters. The number of hydrogen-bond donors (Lipinski definition) is 2. The molecule has 1 aromatic heterocycles. The summed E-state index contributed by atoms with van der Waals surface area (Å²) in [6, 6.07) is 12.3. The zero-order valence-electron chi connectivity index (χ0n) is 20.6. The summed E-state index contributed by atoms with van der Waals surface area (Å²) in [7, 11) is -2.70. The number of ether oxygens (including phenoxy) is 1. The number of hydrogen-bond acceptors (Lipinski definition) is 7. The van der Waals surface area contributed by atoms with E-state index < -0.39 is 28.2 Å². The van der Waals surface area contributed by atoms with Crippen molar-refractivity contribution in [1.29, 1.82) is 0 Å². The van der Waals surface area contributed by atoms with Crippen molar-refractivity contribution < 1.29 is 26.3 Å². The number of aromatic nitrogens is 1. The van der Waals surface area contributed by atoms with Gasteiger partial charge in [-0.2, -0.15) is 8.42 Å². The van der Waals surface area contributed by atoms with E-state index in [-0.39, 0.29) is 27.6 Å². The van der Waals surface area contributed by atoms with E-state index in [4.69, 9.17) is 5.73 Å². The van der Waals surface area contributed by atoms with Gasteiger partial charge in [-0.3, -0.25) is 4.31 Å². The van der Waals surface area contributed by atoms with Gasteiger partial charge in [0.25, 0.3) is 10.0 Å². The second-order valence-corrected chi connectivity index (χ2v) is 12.4. The van der Waals surface area contributed by atoms with Gasteiger partial charge in [-0.1, -0.05) is 30.3 Å². The number of benzene rings is 2. The van der Waals surface area contributed by atoms with E-state index in [0.717, 1.165) is 45.1 Å². The monoisotopic (exact) mass is 554 g/mol. The second-order valence-electron chi connectivity index (χ2n) is 9.04. The molecule has 12 heteroatoms. The summed E-state index contributed by atoms with van der Waals surface area (Å²) in [5, 5.41) is 3.44. The van der Waals surface area contributed by atoms with E-state index in [1.54, 1.807) is 13.8 Å². The fraction of sp³-hybridized carbons (Fsp3) is 0.400. The number of piperidine rings is 1. The maximum atomic E-state index is 13.3. The van der Waals surface area contributed by atoms with Gasteiger partial charge in [0.2, 0.25) is 4.34 Å². The third-order valence-electron chi connectivity index (χ3n) is 6.66. The summed E-state index contributed by atoms with van der Waals surface area (Å²) in [5.74, 6) is -0.707. The number of halogens is 3. The molecule has 0 spiro atoms. The zero-order chi connectivity index (χ0) is 27.0. The first-order valence-electron chi connectivity index (χ1n) is 11.7. The van der Waals surface area contributed by atoms with Crippen LogP contribution in [0, 0.1) is 19.8 Å². The van der Waals surface area contributed by atoms with Crippen molar-refractivity contribution in [2.24, 2.45) is 11.7 Å². The normalized spacial score (nSPS) is 19.4. The lowest BCUT2D eigenvalue weighted by molar-refractivity contribution is -0.275. The molecule has 3 unspecified atom stereocenters. The van der Waals surface area contributed by atoms with Crippen LogP contribution in [0.5, 0.6) is 5.75 Å². The van der Waals surface area contributed by atoms with Gasteiger partial charge in [0.1, 0.15) is 5.75 Å².